The van der Waals surface area contributed by atoms with Gasteiger partial charge in [-0.05, 0) is 77.4 Å². The number of hydrogen-bond acceptors (Lipinski definition) is 6. The molecule has 184 valence electrons. The largest absolute Gasteiger partial charge is 0.462 e. The second kappa shape index (κ2) is 15.3. The standard InChI is InChI=1S/C14H21NO2.C13H21NO2/c1-4-11-17-14(16)12-7-9-13(10-8-12)15(5-2)6-3;1-10-4-6-13(7-5-10)14(8-11(2)15)9-12(3)16/h7-10H,4-6,11H2,1-3H3;4-7,11-12,15-16H,8-9H2,1-3H3. The normalized spacial score (nSPS) is 12.2. The third-order valence-electron chi connectivity index (χ3n) is 5.04. The highest BCUT2D eigenvalue weighted by Gasteiger charge is 2.11. The van der Waals surface area contributed by atoms with E-state index >= 15 is 0 Å². The van der Waals surface area contributed by atoms with Crippen LogP contribution in [0.15, 0.2) is 48.5 Å². The van der Waals surface area contributed by atoms with Crippen molar-refractivity contribution in [2.75, 3.05) is 42.6 Å². The summed E-state index contributed by atoms with van der Waals surface area (Å²) in [5.74, 6) is -0.238. The molecule has 0 spiro atoms. The molecule has 0 bridgehead atoms. The zero-order chi connectivity index (χ0) is 24.8. The van der Waals surface area contributed by atoms with Gasteiger partial charge in [-0.2, -0.15) is 0 Å². The number of aliphatic hydroxyl groups is 2. The SMILES string of the molecule is CCCOC(=O)c1ccc(N(CC)CC)cc1.Cc1ccc(N(CC(C)O)CC(C)O)cc1. The molecule has 0 heterocycles. The molecule has 33 heavy (non-hydrogen) atoms. The van der Waals surface area contributed by atoms with Crippen molar-refractivity contribution in [2.45, 2.75) is 60.2 Å². The van der Waals surface area contributed by atoms with Crippen molar-refractivity contribution in [1.29, 1.82) is 0 Å². The maximum absolute atomic E-state index is 11.6. The summed E-state index contributed by atoms with van der Waals surface area (Å²) in [6.07, 6.45) is 0.0450. The average Bonchev–Trinajstić information content (AvgIpc) is 2.78. The number of anilines is 2. The quantitative estimate of drug-likeness (QED) is 0.477. The second-order valence-electron chi connectivity index (χ2n) is 8.29. The van der Waals surface area contributed by atoms with Gasteiger partial charge < -0.3 is 24.7 Å². The fourth-order valence-electron chi connectivity index (χ4n) is 3.35. The van der Waals surface area contributed by atoms with Crippen LogP contribution in [-0.2, 0) is 4.74 Å². The van der Waals surface area contributed by atoms with Gasteiger partial charge >= 0.3 is 5.97 Å². The number of ether oxygens (including phenoxy) is 1. The number of esters is 1. The lowest BCUT2D eigenvalue weighted by molar-refractivity contribution is 0.0505. The molecule has 2 rings (SSSR count). The molecular weight excluding hydrogens is 416 g/mol. The molecule has 0 saturated heterocycles. The molecule has 0 aliphatic rings. The van der Waals surface area contributed by atoms with E-state index in [0.29, 0.717) is 25.3 Å². The number of benzene rings is 2. The molecule has 0 radical (unpaired) electrons. The Morgan fingerprint density at radius 2 is 1.27 bits per heavy atom. The van der Waals surface area contributed by atoms with Gasteiger partial charge in [-0.15, -0.1) is 0 Å². The van der Waals surface area contributed by atoms with Crippen LogP contribution in [0.3, 0.4) is 0 Å². The summed E-state index contributed by atoms with van der Waals surface area (Å²) in [4.78, 5) is 15.8. The second-order valence-corrected chi connectivity index (χ2v) is 8.29. The van der Waals surface area contributed by atoms with Crippen LogP contribution in [-0.4, -0.2) is 61.2 Å². The minimum Gasteiger partial charge on any atom is -0.462 e. The maximum Gasteiger partial charge on any atom is 0.338 e. The summed E-state index contributed by atoms with van der Waals surface area (Å²) in [7, 11) is 0. The number of hydrogen-bond donors (Lipinski definition) is 2. The number of aryl methyl sites for hydroxylation is 1. The first-order valence-electron chi connectivity index (χ1n) is 11.9. The Bertz CT molecular complexity index is 775. The van der Waals surface area contributed by atoms with Crippen LogP contribution < -0.4 is 9.80 Å². The highest BCUT2D eigenvalue weighted by Crippen LogP contribution is 2.16. The van der Waals surface area contributed by atoms with E-state index in [2.05, 4.69) is 18.7 Å². The van der Waals surface area contributed by atoms with Gasteiger partial charge in [0.05, 0.1) is 24.4 Å². The first kappa shape index (κ1) is 28.5. The predicted molar refractivity (Wildman–Crippen MR) is 137 cm³/mol. The van der Waals surface area contributed by atoms with E-state index in [-0.39, 0.29) is 5.97 Å². The lowest BCUT2D eigenvalue weighted by atomic mass is 10.2. The van der Waals surface area contributed by atoms with Crippen LogP contribution in [0.1, 0.15) is 57.0 Å². The van der Waals surface area contributed by atoms with E-state index in [0.717, 1.165) is 30.9 Å². The van der Waals surface area contributed by atoms with Crippen LogP contribution in [0.4, 0.5) is 11.4 Å². The van der Waals surface area contributed by atoms with Crippen molar-refractivity contribution in [2.24, 2.45) is 0 Å². The Hall–Kier alpha value is -2.57. The first-order chi connectivity index (χ1) is 15.7. The van der Waals surface area contributed by atoms with Gasteiger partial charge in [-0.1, -0.05) is 24.6 Å². The molecule has 0 saturated carbocycles. The van der Waals surface area contributed by atoms with Gasteiger partial charge in [-0.25, -0.2) is 4.79 Å². The number of aliphatic hydroxyl groups excluding tert-OH is 2. The van der Waals surface area contributed by atoms with Crippen LogP contribution >= 0.6 is 0 Å². The van der Waals surface area contributed by atoms with E-state index < -0.39 is 12.2 Å². The molecule has 0 aliphatic carbocycles. The molecule has 0 aromatic heterocycles. The summed E-state index contributed by atoms with van der Waals surface area (Å²) < 4.78 is 5.08. The molecule has 2 N–H and O–H groups in total. The maximum atomic E-state index is 11.6. The van der Waals surface area contributed by atoms with Crippen molar-refractivity contribution in [3.05, 3.63) is 59.7 Å². The van der Waals surface area contributed by atoms with Crippen molar-refractivity contribution in [3.63, 3.8) is 0 Å². The number of rotatable bonds is 11. The van der Waals surface area contributed by atoms with Crippen molar-refractivity contribution in [1.82, 2.24) is 0 Å². The van der Waals surface area contributed by atoms with Gasteiger partial charge in [0.2, 0.25) is 0 Å². The number of carbonyl (C=O) groups is 1. The van der Waals surface area contributed by atoms with Gasteiger partial charge in [0.15, 0.2) is 0 Å². The lowest BCUT2D eigenvalue weighted by Gasteiger charge is -2.27. The Kier molecular flexibility index (Phi) is 13.2. The van der Waals surface area contributed by atoms with Crippen molar-refractivity contribution < 1.29 is 19.7 Å². The summed E-state index contributed by atoms with van der Waals surface area (Å²) in [6, 6.07) is 15.7. The highest BCUT2D eigenvalue weighted by atomic mass is 16.5. The first-order valence-corrected chi connectivity index (χ1v) is 11.9. The summed E-state index contributed by atoms with van der Waals surface area (Å²) in [6.45, 7) is 15.3. The molecule has 6 nitrogen and oxygen atoms in total. The van der Waals surface area contributed by atoms with Crippen LogP contribution in [0.2, 0.25) is 0 Å². The summed E-state index contributed by atoms with van der Waals surface area (Å²) in [5.41, 5.74) is 4.00. The highest BCUT2D eigenvalue weighted by molar-refractivity contribution is 5.89. The zero-order valence-corrected chi connectivity index (χ0v) is 21.1. The monoisotopic (exact) mass is 458 g/mol. The minimum atomic E-state index is -0.403. The fourth-order valence-corrected chi connectivity index (χ4v) is 3.35. The molecule has 2 aromatic rings. The molecule has 0 fully saturated rings. The molecule has 6 heteroatoms. The molecule has 0 aliphatic heterocycles. The van der Waals surface area contributed by atoms with Crippen LogP contribution in [0.5, 0.6) is 0 Å². The van der Waals surface area contributed by atoms with Crippen molar-refractivity contribution >= 4 is 17.3 Å². The predicted octanol–water partition coefficient (Wildman–Crippen LogP) is 4.66. The smallest absolute Gasteiger partial charge is 0.338 e. The van der Waals surface area contributed by atoms with Crippen LogP contribution in [0, 0.1) is 6.92 Å². The van der Waals surface area contributed by atoms with E-state index in [4.69, 9.17) is 4.74 Å². The lowest BCUT2D eigenvalue weighted by Crippen LogP contribution is -2.36. The third kappa shape index (κ3) is 10.7. The van der Waals surface area contributed by atoms with Crippen molar-refractivity contribution in [3.8, 4) is 0 Å². The third-order valence-corrected chi connectivity index (χ3v) is 5.04. The Morgan fingerprint density at radius 3 is 1.70 bits per heavy atom. The van der Waals surface area contributed by atoms with E-state index in [1.807, 2.05) is 67.3 Å². The number of carbonyl (C=O) groups excluding carboxylic acids is 1. The average molecular weight is 459 g/mol. The Morgan fingerprint density at radius 1 is 0.818 bits per heavy atom. The molecular formula is C27H42N2O4. The number of nitrogens with zero attached hydrogens (tertiary/aromatic N) is 2. The van der Waals surface area contributed by atoms with Crippen LogP contribution in [0.25, 0.3) is 0 Å². The molecule has 2 atom stereocenters. The molecule has 2 unspecified atom stereocenters. The van der Waals surface area contributed by atoms with E-state index in [1.165, 1.54) is 5.56 Å². The Balaban J connectivity index is 0.000000331. The molecule has 2 aromatic carbocycles. The van der Waals surface area contributed by atoms with Gasteiger partial charge in [0, 0.05) is 37.6 Å². The fraction of sp³-hybridized carbons (Fsp3) is 0.519. The molecule has 0 amide bonds. The zero-order valence-electron chi connectivity index (χ0n) is 21.1. The summed E-state index contributed by atoms with van der Waals surface area (Å²) >= 11 is 0. The Labute approximate surface area is 199 Å². The van der Waals surface area contributed by atoms with Gasteiger partial charge in [0.25, 0.3) is 0 Å². The topological polar surface area (TPSA) is 73.2 Å². The summed E-state index contributed by atoms with van der Waals surface area (Å²) in [5, 5.41) is 18.9. The van der Waals surface area contributed by atoms with E-state index in [9.17, 15) is 15.0 Å². The minimum absolute atomic E-state index is 0.238. The van der Waals surface area contributed by atoms with Gasteiger partial charge in [0.1, 0.15) is 0 Å². The van der Waals surface area contributed by atoms with Gasteiger partial charge in [-0.3, -0.25) is 0 Å². The van der Waals surface area contributed by atoms with E-state index in [1.54, 1.807) is 13.8 Å².